The number of sulfonamides is 1. The van der Waals surface area contributed by atoms with E-state index in [1.807, 2.05) is 25.1 Å². The lowest BCUT2D eigenvalue weighted by Gasteiger charge is -2.34. The van der Waals surface area contributed by atoms with Crippen LogP contribution in [0.2, 0.25) is 0 Å². The Morgan fingerprint density at radius 3 is 2.48 bits per heavy atom. The highest BCUT2D eigenvalue weighted by atomic mass is 32.2. The maximum absolute atomic E-state index is 14.0. The van der Waals surface area contributed by atoms with Gasteiger partial charge in [-0.15, -0.1) is 0 Å². The third kappa shape index (κ3) is 3.96. The van der Waals surface area contributed by atoms with Crippen LogP contribution in [0.1, 0.15) is 11.1 Å². The molecule has 0 saturated carbocycles. The van der Waals surface area contributed by atoms with Crippen LogP contribution in [0.15, 0.2) is 62.6 Å². The van der Waals surface area contributed by atoms with Crippen LogP contribution in [-0.4, -0.2) is 43.8 Å². The Morgan fingerprint density at radius 2 is 1.76 bits per heavy atom. The van der Waals surface area contributed by atoms with E-state index in [0.29, 0.717) is 25.2 Å². The van der Waals surface area contributed by atoms with Crippen LogP contribution >= 0.6 is 0 Å². The summed E-state index contributed by atoms with van der Waals surface area (Å²) in [5.41, 5.74) is 2.00. The Hall–Kier alpha value is -2.55. The van der Waals surface area contributed by atoms with Crippen molar-refractivity contribution in [1.82, 2.24) is 9.21 Å². The lowest BCUT2D eigenvalue weighted by atomic mass is 10.1. The van der Waals surface area contributed by atoms with Gasteiger partial charge in [0.25, 0.3) is 0 Å². The van der Waals surface area contributed by atoms with Crippen LogP contribution in [0.4, 0.5) is 4.39 Å². The van der Waals surface area contributed by atoms with Crippen molar-refractivity contribution in [2.24, 2.45) is 0 Å². The molecule has 29 heavy (non-hydrogen) atoms. The maximum Gasteiger partial charge on any atom is 0.336 e. The van der Waals surface area contributed by atoms with Gasteiger partial charge in [-0.05, 0) is 36.2 Å². The SMILES string of the molecule is Cc1ccc2c(CN3CCN(S(=O)(=O)c4ccccc4F)CC3)cc(=O)oc2c1. The molecule has 4 rings (SSSR count). The molecule has 2 heterocycles. The number of hydrogen-bond acceptors (Lipinski definition) is 5. The van der Waals surface area contributed by atoms with E-state index in [9.17, 15) is 17.6 Å². The van der Waals surface area contributed by atoms with E-state index >= 15 is 0 Å². The fourth-order valence-electron chi connectivity index (χ4n) is 3.63. The molecule has 0 atom stereocenters. The Bertz CT molecular complexity index is 1210. The number of halogens is 1. The maximum atomic E-state index is 14.0. The summed E-state index contributed by atoms with van der Waals surface area (Å²) in [7, 11) is -3.87. The van der Waals surface area contributed by atoms with Gasteiger partial charge in [-0.1, -0.05) is 24.3 Å². The fourth-order valence-corrected chi connectivity index (χ4v) is 5.12. The molecule has 1 aromatic heterocycles. The second kappa shape index (κ2) is 7.70. The van der Waals surface area contributed by atoms with Crippen molar-refractivity contribution in [2.45, 2.75) is 18.4 Å². The minimum absolute atomic E-state index is 0.259. The summed E-state index contributed by atoms with van der Waals surface area (Å²) in [5, 5.41) is 0.872. The zero-order valence-electron chi connectivity index (χ0n) is 16.0. The van der Waals surface area contributed by atoms with Gasteiger partial charge in [0.15, 0.2) is 0 Å². The van der Waals surface area contributed by atoms with Crippen LogP contribution in [0.25, 0.3) is 11.0 Å². The van der Waals surface area contributed by atoms with Crippen molar-refractivity contribution < 1.29 is 17.2 Å². The third-order valence-corrected chi connectivity index (χ3v) is 7.10. The highest BCUT2D eigenvalue weighted by Gasteiger charge is 2.30. The van der Waals surface area contributed by atoms with E-state index in [1.165, 1.54) is 28.6 Å². The smallest absolute Gasteiger partial charge is 0.336 e. The first-order chi connectivity index (χ1) is 13.8. The third-order valence-electron chi connectivity index (χ3n) is 5.17. The minimum Gasteiger partial charge on any atom is -0.423 e. The molecule has 0 amide bonds. The van der Waals surface area contributed by atoms with Crippen molar-refractivity contribution in [2.75, 3.05) is 26.2 Å². The van der Waals surface area contributed by atoms with Crippen molar-refractivity contribution in [3.63, 3.8) is 0 Å². The molecule has 2 aromatic carbocycles. The molecule has 1 saturated heterocycles. The molecule has 1 fully saturated rings. The molecule has 3 aromatic rings. The monoisotopic (exact) mass is 416 g/mol. The summed E-state index contributed by atoms with van der Waals surface area (Å²) in [5.74, 6) is -0.743. The van der Waals surface area contributed by atoms with Crippen LogP contribution in [-0.2, 0) is 16.6 Å². The number of piperazine rings is 1. The van der Waals surface area contributed by atoms with Gasteiger partial charge in [-0.3, -0.25) is 4.90 Å². The number of fused-ring (bicyclic) bond motifs is 1. The molecule has 0 bridgehead atoms. The fraction of sp³-hybridized carbons (Fsp3) is 0.286. The molecule has 0 aliphatic carbocycles. The topological polar surface area (TPSA) is 70.8 Å². The van der Waals surface area contributed by atoms with Gasteiger partial charge in [0.1, 0.15) is 16.3 Å². The Kier molecular flexibility index (Phi) is 5.24. The van der Waals surface area contributed by atoms with E-state index in [-0.39, 0.29) is 18.0 Å². The van der Waals surface area contributed by atoms with Gasteiger partial charge in [-0.2, -0.15) is 4.31 Å². The van der Waals surface area contributed by atoms with Crippen LogP contribution in [0, 0.1) is 12.7 Å². The van der Waals surface area contributed by atoms with Crippen LogP contribution in [0.5, 0.6) is 0 Å². The van der Waals surface area contributed by atoms with Gasteiger partial charge >= 0.3 is 5.63 Å². The zero-order valence-corrected chi connectivity index (χ0v) is 16.8. The normalized spacial score (nSPS) is 16.3. The number of nitrogens with zero attached hydrogens (tertiary/aromatic N) is 2. The minimum atomic E-state index is -3.87. The molecular formula is C21H21FN2O4S. The first-order valence-electron chi connectivity index (χ1n) is 9.35. The Morgan fingerprint density at radius 1 is 1.03 bits per heavy atom. The van der Waals surface area contributed by atoms with Crippen molar-refractivity contribution in [3.8, 4) is 0 Å². The van der Waals surface area contributed by atoms with Gasteiger partial charge in [0, 0.05) is 44.2 Å². The second-order valence-corrected chi connectivity index (χ2v) is 9.11. The summed E-state index contributed by atoms with van der Waals surface area (Å²) in [6.45, 7) is 3.94. The number of benzene rings is 2. The van der Waals surface area contributed by atoms with Crippen molar-refractivity contribution in [1.29, 1.82) is 0 Å². The molecule has 152 valence electrons. The van der Waals surface area contributed by atoms with E-state index in [2.05, 4.69) is 4.90 Å². The predicted octanol–water partition coefficient (Wildman–Crippen LogP) is 2.75. The second-order valence-electron chi connectivity index (χ2n) is 7.20. The van der Waals surface area contributed by atoms with E-state index < -0.39 is 21.5 Å². The summed E-state index contributed by atoms with van der Waals surface area (Å²) in [6, 6.07) is 12.6. The molecule has 0 N–H and O–H groups in total. The Balaban J connectivity index is 1.51. The average molecular weight is 416 g/mol. The largest absolute Gasteiger partial charge is 0.423 e. The first kappa shape index (κ1) is 19.8. The predicted molar refractivity (Wildman–Crippen MR) is 108 cm³/mol. The van der Waals surface area contributed by atoms with Crippen LogP contribution < -0.4 is 5.63 Å². The van der Waals surface area contributed by atoms with Gasteiger partial charge in [0.2, 0.25) is 10.0 Å². The molecule has 0 unspecified atom stereocenters. The standard InChI is InChI=1S/C21H21FN2O4S/c1-15-6-7-17-16(13-21(25)28-19(17)12-15)14-23-8-10-24(11-9-23)29(26,27)20-5-3-2-4-18(20)22/h2-7,12-13H,8-11,14H2,1H3. The number of aryl methyl sites for hydroxylation is 1. The van der Waals surface area contributed by atoms with Crippen LogP contribution in [0.3, 0.4) is 0 Å². The molecule has 1 aliphatic heterocycles. The van der Waals surface area contributed by atoms with E-state index in [1.54, 1.807) is 0 Å². The summed E-state index contributed by atoms with van der Waals surface area (Å²) >= 11 is 0. The lowest BCUT2D eigenvalue weighted by Crippen LogP contribution is -2.48. The van der Waals surface area contributed by atoms with E-state index in [4.69, 9.17) is 4.42 Å². The average Bonchev–Trinajstić information content (AvgIpc) is 2.68. The number of rotatable bonds is 4. The molecular weight excluding hydrogens is 395 g/mol. The Labute approximate surface area is 168 Å². The summed E-state index contributed by atoms with van der Waals surface area (Å²) in [4.78, 5) is 13.7. The molecule has 6 nitrogen and oxygen atoms in total. The van der Waals surface area contributed by atoms with Crippen molar-refractivity contribution >= 4 is 21.0 Å². The lowest BCUT2D eigenvalue weighted by molar-refractivity contribution is 0.181. The highest BCUT2D eigenvalue weighted by Crippen LogP contribution is 2.23. The van der Waals surface area contributed by atoms with Crippen molar-refractivity contribution in [3.05, 3.63) is 75.9 Å². The van der Waals surface area contributed by atoms with Gasteiger partial charge in [0.05, 0.1) is 0 Å². The molecule has 8 heteroatoms. The zero-order chi connectivity index (χ0) is 20.6. The van der Waals surface area contributed by atoms with Gasteiger partial charge < -0.3 is 4.42 Å². The first-order valence-corrected chi connectivity index (χ1v) is 10.8. The molecule has 1 aliphatic rings. The summed E-state index contributed by atoms with van der Waals surface area (Å²) in [6.07, 6.45) is 0. The van der Waals surface area contributed by atoms with E-state index in [0.717, 1.165) is 22.6 Å². The number of hydrogen-bond donors (Lipinski definition) is 0. The van der Waals surface area contributed by atoms with Gasteiger partial charge in [-0.25, -0.2) is 17.6 Å². The quantitative estimate of drug-likeness (QED) is 0.612. The summed E-state index contributed by atoms with van der Waals surface area (Å²) < 4.78 is 46.0. The molecule has 0 spiro atoms. The molecule has 0 radical (unpaired) electrons. The highest BCUT2D eigenvalue weighted by molar-refractivity contribution is 7.89.